The van der Waals surface area contributed by atoms with Gasteiger partial charge in [0, 0.05) is 25.6 Å². The number of fused-ring (bicyclic) bond motifs is 3. The second-order valence-electron chi connectivity index (χ2n) is 9.65. The van der Waals surface area contributed by atoms with E-state index in [1.807, 2.05) is 24.3 Å². The van der Waals surface area contributed by atoms with Crippen molar-refractivity contribution in [2.75, 3.05) is 47.1 Å². The zero-order chi connectivity index (χ0) is 25.9. The van der Waals surface area contributed by atoms with Crippen molar-refractivity contribution in [2.45, 2.75) is 39.0 Å². The Bertz CT molecular complexity index is 1280. The van der Waals surface area contributed by atoms with Crippen LogP contribution in [0, 0.1) is 0 Å². The summed E-state index contributed by atoms with van der Waals surface area (Å²) < 4.78 is 24.8. The van der Waals surface area contributed by atoms with Gasteiger partial charge >= 0.3 is 0 Å². The molecule has 3 heterocycles. The lowest BCUT2D eigenvalue weighted by atomic mass is 9.98. The van der Waals surface area contributed by atoms with E-state index in [1.165, 1.54) is 0 Å². The summed E-state index contributed by atoms with van der Waals surface area (Å²) in [4.78, 5) is 14.3. The maximum Gasteiger partial charge on any atom is 0.260 e. The fraction of sp³-hybridized carbons (Fsp3) is 0.464. The molecule has 196 valence electrons. The number of nitrogens with zero attached hydrogens (tertiary/aromatic N) is 4. The van der Waals surface area contributed by atoms with Crippen LogP contribution in [0.15, 0.2) is 30.3 Å². The van der Waals surface area contributed by atoms with Crippen molar-refractivity contribution in [3.05, 3.63) is 47.3 Å². The summed E-state index contributed by atoms with van der Waals surface area (Å²) in [5, 5.41) is 9.16. The fourth-order valence-electron chi connectivity index (χ4n) is 5.01. The van der Waals surface area contributed by atoms with Crippen LogP contribution in [0.1, 0.15) is 43.1 Å². The lowest BCUT2D eigenvalue weighted by Crippen LogP contribution is -2.42. The van der Waals surface area contributed by atoms with E-state index in [1.54, 1.807) is 19.1 Å². The molecule has 0 saturated carbocycles. The van der Waals surface area contributed by atoms with E-state index in [9.17, 15) is 4.79 Å². The zero-order valence-electron chi connectivity index (χ0n) is 22.0. The highest BCUT2D eigenvalue weighted by Crippen LogP contribution is 2.40. The van der Waals surface area contributed by atoms with Crippen molar-refractivity contribution < 1.29 is 23.7 Å². The van der Waals surface area contributed by atoms with E-state index in [2.05, 4.69) is 34.7 Å². The van der Waals surface area contributed by atoms with Crippen LogP contribution in [0.2, 0.25) is 0 Å². The summed E-state index contributed by atoms with van der Waals surface area (Å²) in [7, 11) is 3.33. The predicted molar refractivity (Wildman–Crippen MR) is 139 cm³/mol. The molecule has 2 aromatic carbocycles. The second-order valence-corrected chi connectivity index (χ2v) is 9.65. The van der Waals surface area contributed by atoms with E-state index in [0.29, 0.717) is 37.8 Å². The Balaban J connectivity index is 1.48. The van der Waals surface area contributed by atoms with Crippen LogP contribution in [0.5, 0.6) is 17.2 Å². The molecule has 37 heavy (non-hydrogen) atoms. The van der Waals surface area contributed by atoms with E-state index >= 15 is 0 Å². The number of carbonyl (C=O) groups is 1. The van der Waals surface area contributed by atoms with E-state index in [0.717, 1.165) is 59.0 Å². The number of ether oxygens (including phenoxy) is 4. The summed E-state index contributed by atoms with van der Waals surface area (Å²) in [6, 6.07) is 10.00. The number of rotatable bonds is 7. The van der Waals surface area contributed by atoms with Gasteiger partial charge in [0.05, 0.1) is 38.7 Å². The van der Waals surface area contributed by atoms with Crippen molar-refractivity contribution in [1.29, 1.82) is 0 Å². The highest BCUT2D eigenvalue weighted by Gasteiger charge is 2.25. The molecule has 0 atom stereocenters. The molecule has 5 rings (SSSR count). The molecule has 9 heteroatoms. The van der Waals surface area contributed by atoms with E-state index in [-0.39, 0.29) is 18.4 Å². The van der Waals surface area contributed by atoms with Gasteiger partial charge in [-0.3, -0.25) is 9.36 Å². The molecular formula is C28H34N4O5. The first-order chi connectivity index (χ1) is 18.0. The topological polar surface area (TPSA) is 87.9 Å². The van der Waals surface area contributed by atoms with E-state index in [4.69, 9.17) is 18.9 Å². The molecule has 1 amide bonds. The number of aryl methyl sites for hydroxylation is 2. The number of hydrogen-bond acceptors (Lipinski definition) is 7. The minimum atomic E-state index is -0.0193. The van der Waals surface area contributed by atoms with Crippen molar-refractivity contribution in [1.82, 2.24) is 19.7 Å². The van der Waals surface area contributed by atoms with Crippen molar-refractivity contribution in [2.24, 2.45) is 0 Å². The van der Waals surface area contributed by atoms with Crippen LogP contribution in [-0.4, -0.2) is 72.7 Å². The van der Waals surface area contributed by atoms with Gasteiger partial charge in [0.15, 0.2) is 12.4 Å². The predicted octanol–water partition coefficient (Wildman–Crippen LogP) is 3.80. The maximum absolute atomic E-state index is 12.5. The quantitative estimate of drug-likeness (QED) is 0.482. The standard InChI is InChI=1S/C28H34N4O5/c1-18(2)21-15-22(25(35-4)16-24(21)34-3)28-30-29-26-7-5-6-19-14-20(8-9-23(19)32(26)28)37-17-27(33)31-10-12-36-13-11-31/h8-9,14-16,18H,5-7,10-13,17H2,1-4H3. The molecule has 9 nitrogen and oxygen atoms in total. The minimum Gasteiger partial charge on any atom is -0.496 e. The first-order valence-electron chi connectivity index (χ1n) is 12.8. The number of aromatic nitrogens is 3. The van der Waals surface area contributed by atoms with Crippen molar-refractivity contribution in [3.63, 3.8) is 0 Å². The number of methoxy groups -OCH3 is 2. The van der Waals surface area contributed by atoms with Crippen molar-refractivity contribution >= 4 is 5.91 Å². The van der Waals surface area contributed by atoms with Gasteiger partial charge in [-0.2, -0.15) is 0 Å². The smallest absolute Gasteiger partial charge is 0.260 e. The summed E-state index contributed by atoms with van der Waals surface area (Å²) in [5.74, 6) is 4.04. The zero-order valence-corrected chi connectivity index (χ0v) is 22.0. The summed E-state index contributed by atoms with van der Waals surface area (Å²) >= 11 is 0. The lowest BCUT2D eigenvalue weighted by Gasteiger charge is -2.26. The van der Waals surface area contributed by atoms with Gasteiger partial charge in [-0.15, -0.1) is 10.2 Å². The second kappa shape index (κ2) is 10.8. The molecule has 1 aromatic heterocycles. The van der Waals surface area contributed by atoms with Crippen LogP contribution < -0.4 is 14.2 Å². The van der Waals surface area contributed by atoms with Gasteiger partial charge in [0.25, 0.3) is 5.91 Å². The van der Waals surface area contributed by atoms with Crippen LogP contribution in [0.3, 0.4) is 0 Å². The van der Waals surface area contributed by atoms with E-state index < -0.39 is 0 Å². The van der Waals surface area contributed by atoms with Crippen LogP contribution in [-0.2, 0) is 22.4 Å². The van der Waals surface area contributed by atoms with Crippen LogP contribution in [0.25, 0.3) is 17.1 Å². The molecule has 0 bridgehead atoms. The first-order valence-corrected chi connectivity index (χ1v) is 12.8. The van der Waals surface area contributed by atoms with Gasteiger partial charge in [0.2, 0.25) is 0 Å². The van der Waals surface area contributed by atoms with Gasteiger partial charge < -0.3 is 23.8 Å². The van der Waals surface area contributed by atoms with Gasteiger partial charge in [0.1, 0.15) is 23.1 Å². The molecular weight excluding hydrogens is 472 g/mol. The Morgan fingerprint density at radius 3 is 2.54 bits per heavy atom. The number of carbonyl (C=O) groups excluding carboxylic acids is 1. The summed E-state index contributed by atoms with van der Waals surface area (Å²) in [5.41, 5.74) is 4.10. The fourth-order valence-corrected chi connectivity index (χ4v) is 5.01. The highest BCUT2D eigenvalue weighted by atomic mass is 16.5. The number of benzene rings is 2. The molecule has 0 unspecified atom stereocenters. The van der Waals surface area contributed by atoms with Crippen molar-refractivity contribution in [3.8, 4) is 34.3 Å². The molecule has 0 N–H and O–H groups in total. The molecule has 2 aliphatic rings. The molecule has 2 aliphatic heterocycles. The molecule has 0 aliphatic carbocycles. The Morgan fingerprint density at radius 2 is 1.81 bits per heavy atom. The molecule has 0 radical (unpaired) electrons. The highest BCUT2D eigenvalue weighted by molar-refractivity contribution is 5.78. The summed E-state index contributed by atoms with van der Waals surface area (Å²) in [6.45, 7) is 6.66. The minimum absolute atomic E-state index is 0.0168. The third kappa shape index (κ3) is 5.00. The SMILES string of the molecule is COc1cc(OC)c(C(C)C)cc1-c1nnc2n1-c1ccc(OCC(=O)N3CCOCC3)cc1CCC2. The molecule has 1 saturated heterocycles. The third-order valence-electron chi connectivity index (χ3n) is 7.01. The summed E-state index contributed by atoms with van der Waals surface area (Å²) in [6.07, 6.45) is 2.63. The Morgan fingerprint density at radius 1 is 1.03 bits per heavy atom. The number of hydrogen-bond donors (Lipinski definition) is 0. The lowest BCUT2D eigenvalue weighted by molar-refractivity contribution is -0.137. The van der Waals surface area contributed by atoms with Crippen LogP contribution >= 0.6 is 0 Å². The first kappa shape index (κ1) is 25.1. The number of morpholine rings is 1. The van der Waals surface area contributed by atoms with Gasteiger partial charge in [-0.25, -0.2) is 0 Å². The largest absolute Gasteiger partial charge is 0.496 e. The maximum atomic E-state index is 12.5. The Kier molecular flexibility index (Phi) is 7.32. The van der Waals surface area contributed by atoms with Gasteiger partial charge in [-0.1, -0.05) is 13.8 Å². The molecule has 1 fully saturated rings. The van der Waals surface area contributed by atoms with Gasteiger partial charge in [-0.05, 0) is 54.2 Å². The monoisotopic (exact) mass is 506 g/mol. The Labute approximate surface area is 217 Å². The average Bonchev–Trinajstić information content (AvgIpc) is 3.25. The normalized spacial score (nSPS) is 15.1. The average molecular weight is 507 g/mol. The Hall–Kier alpha value is -3.59. The third-order valence-corrected chi connectivity index (χ3v) is 7.01. The van der Waals surface area contributed by atoms with Crippen LogP contribution in [0.4, 0.5) is 0 Å². The number of amides is 1. The molecule has 3 aromatic rings. The molecule has 0 spiro atoms.